The Labute approximate surface area is 125 Å². The largest absolute Gasteiger partial charge is 0.356 e. The lowest BCUT2D eigenvalue weighted by atomic mass is 9.84. The van der Waals surface area contributed by atoms with Gasteiger partial charge in [-0.3, -0.25) is 4.79 Å². The van der Waals surface area contributed by atoms with E-state index < -0.39 is 0 Å². The van der Waals surface area contributed by atoms with Crippen LogP contribution < -0.4 is 4.90 Å². The number of hydrogen-bond donors (Lipinski definition) is 0. The molecule has 5 heteroatoms. The molecule has 3 fully saturated rings. The molecule has 112 valence electrons. The molecule has 1 aliphatic carbocycles. The standard InChI is InChI=1S/C16H22N4O/c1-11-5-17-10-18-15(11)19-6-13-8-20(9-14(13)7-19)16(21)12-3-2-4-12/h5,10,12-14H,2-4,6-9H2,1H3. The molecule has 21 heavy (non-hydrogen) atoms. The van der Waals surface area contributed by atoms with E-state index in [0.29, 0.717) is 23.7 Å². The number of fused-ring (bicyclic) bond motifs is 1. The Morgan fingerprint density at radius 3 is 2.48 bits per heavy atom. The highest BCUT2D eigenvalue weighted by molar-refractivity contribution is 5.80. The zero-order valence-electron chi connectivity index (χ0n) is 12.5. The Balaban J connectivity index is 1.41. The molecule has 1 amide bonds. The van der Waals surface area contributed by atoms with E-state index in [2.05, 4.69) is 26.7 Å². The Kier molecular flexibility index (Phi) is 3.08. The number of rotatable bonds is 2. The first-order valence-corrected chi connectivity index (χ1v) is 8.02. The van der Waals surface area contributed by atoms with Crippen LogP contribution in [0.1, 0.15) is 24.8 Å². The summed E-state index contributed by atoms with van der Waals surface area (Å²) in [4.78, 5) is 25.4. The van der Waals surface area contributed by atoms with E-state index in [4.69, 9.17) is 0 Å². The van der Waals surface area contributed by atoms with Crippen LogP contribution in [-0.4, -0.2) is 47.0 Å². The summed E-state index contributed by atoms with van der Waals surface area (Å²) in [6, 6.07) is 0. The minimum atomic E-state index is 0.337. The number of anilines is 1. The summed E-state index contributed by atoms with van der Waals surface area (Å²) in [7, 11) is 0. The normalized spacial score (nSPS) is 28.6. The van der Waals surface area contributed by atoms with Crippen LogP contribution in [0.2, 0.25) is 0 Å². The Morgan fingerprint density at radius 2 is 1.90 bits per heavy atom. The molecule has 0 N–H and O–H groups in total. The molecule has 1 aromatic heterocycles. The molecule has 0 spiro atoms. The summed E-state index contributed by atoms with van der Waals surface area (Å²) in [6.45, 7) is 6.01. The summed E-state index contributed by atoms with van der Waals surface area (Å²) < 4.78 is 0. The number of hydrogen-bond acceptors (Lipinski definition) is 4. The molecule has 3 heterocycles. The highest BCUT2D eigenvalue weighted by atomic mass is 16.2. The summed E-state index contributed by atoms with van der Waals surface area (Å²) in [5.41, 5.74) is 1.14. The number of aromatic nitrogens is 2. The van der Waals surface area contributed by atoms with Crippen molar-refractivity contribution >= 4 is 11.7 Å². The first-order chi connectivity index (χ1) is 10.2. The van der Waals surface area contributed by atoms with Crippen LogP contribution in [0.3, 0.4) is 0 Å². The summed E-state index contributed by atoms with van der Waals surface area (Å²) in [6.07, 6.45) is 6.96. The van der Waals surface area contributed by atoms with Crippen molar-refractivity contribution in [3.63, 3.8) is 0 Å². The van der Waals surface area contributed by atoms with Gasteiger partial charge in [-0.1, -0.05) is 6.42 Å². The van der Waals surface area contributed by atoms with Gasteiger partial charge in [-0.15, -0.1) is 0 Å². The average Bonchev–Trinajstić information content (AvgIpc) is 2.95. The van der Waals surface area contributed by atoms with E-state index in [-0.39, 0.29) is 0 Å². The predicted molar refractivity (Wildman–Crippen MR) is 79.9 cm³/mol. The first kappa shape index (κ1) is 13.0. The van der Waals surface area contributed by atoms with Gasteiger partial charge in [-0.2, -0.15) is 0 Å². The third-order valence-electron chi connectivity index (χ3n) is 5.42. The minimum Gasteiger partial charge on any atom is -0.356 e. The summed E-state index contributed by atoms with van der Waals surface area (Å²) >= 11 is 0. The van der Waals surface area contributed by atoms with E-state index in [1.807, 2.05) is 6.20 Å². The van der Waals surface area contributed by atoms with Gasteiger partial charge in [0.2, 0.25) is 5.91 Å². The van der Waals surface area contributed by atoms with Crippen LogP contribution in [0, 0.1) is 24.7 Å². The number of nitrogens with zero attached hydrogens (tertiary/aromatic N) is 4. The average molecular weight is 286 g/mol. The maximum absolute atomic E-state index is 12.4. The number of carbonyl (C=O) groups is 1. The number of amides is 1. The third-order valence-corrected chi connectivity index (χ3v) is 5.42. The van der Waals surface area contributed by atoms with Crippen molar-refractivity contribution in [3.05, 3.63) is 18.1 Å². The van der Waals surface area contributed by atoms with Gasteiger partial charge in [-0.25, -0.2) is 9.97 Å². The molecule has 2 unspecified atom stereocenters. The predicted octanol–water partition coefficient (Wildman–Crippen LogP) is 1.48. The second-order valence-electron chi connectivity index (χ2n) is 6.83. The van der Waals surface area contributed by atoms with Gasteiger partial charge in [0, 0.05) is 55.7 Å². The fraction of sp³-hybridized carbons (Fsp3) is 0.688. The molecule has 0 radical (unpaired) electrons. The lowest BCUT2D eigenvalue weighted by Gasteiger charge is -2.30. The zero-order chi connectivity index (χ0) is 14.4. The number of likely N-dealkylation sites (tertiary alicyclic amines) is 1. The van der Waals surface area contributed by atoms with Crippen molar-refractivity contribution in [1.29, 1.82) is 0 Å². The molecule has 2 atom stereocenters. The third kappa shape index (κ3) is 2.19. The molecule has 3 aliphatic rings. The number of aryl methyl sites for hydroxylation is 1. The quantitative estimate of drug-likeness (QED) is 0.826. The van der Waals surface area contributed by atoms with Crippen LogP contribution in [0.15, 0.2) is 12.5 Å². The van der Waals surface area contributed by atoms with E-state index in [0.717, 1.165) is 50.4 Å². The van der Waals surface area contributed by atoms with Gasteiger partial charge < -0.3 is 9.80 Å². The van der Waals surface area contributed by atoms with E-state index in [1.54, 1.807) is 6.33 Å². The van der Waals surface area contributed by atoms with Gasteiger partial charge in [0.05, 0.1) is 0 Å². The van der Waals surface area contributed by atoms with Crippen molar-refractivity contribution in [3.8, 4) is 0 Å². The van der Waals surface area contributed by atoms with E-state index in [9.17, 15) is 4.79 Å². The molecule has 2 saturated heterocycles. The molecule has 1 aromatic rings. The monoisotopic (exact) mass is 286 g/mol. The second kappa shape index (κ2) is 4.97. The zero-order valence-corrected chi connectivity index (χ0v) is 12.5. The topological polar surface area (TPSA) is 49.3 Å². The smallest absolute Gasteiger partial charge is 0.225 e. The molecule has 0 bridgehead atoms. The van der Waals surface area contributed by atoms with Crippen LogP contribution in [0.25, 0.3) is 0 Å². The molecule has 5 nitrogen and oxygen atoms in total. The maximum atomic E-state index is 12.4. The van der Waals surface area contributed by atoms with Crippen LogP contribution >= 0.6 is 0 Å². The van der Waals surface area contributed by atoms with E-state index >= 15 is 0 Å². The van der Waals surface area contributed by atoms with Crippen molar-refractivity contribution in [2.24, 2.45) is 17.8 Å². The van der Waals surface area contributed by atoms with Gasteiger partial charge in [0.15, 0.2) is 0 Å². The summed E-state index contributed by atoms with van der Waals surface area (Å²) in [5, 5.41) is 0. The SMILES string of the molecule is Cc1cncnc1N1CC2CN(C(=O)C3CCC3)CC2C1. The fourth-order valence-corrected chi connectivity index (χ4v) is 3.98. The Hall–Kier alpha value is -1.65. The Bertz CT molecular complexity index is 543. The molecule has 0 aromatic carbocycles. The van der Waals surface area contributed by atoms with Crippen LogP contribution in [0.4, 0.5) is 5.82 Å². The van der Waals surface area contributed by atoms with Crippen molar-refractivity contribution in [2.45, 2.75) is 26.2 Å². The molecular formula is C16H22N4O. The van der Waals surface area contributed by atoms with Gasteiger partial charge in [-0.05, 0) is 19.8 Å². The molecule has 4 rings (SSSR count). The number of carbonyl (C=O) groups excluding carboxylic acids is 1. The Morgan fingerprint density at radius 1 is 1.19 bits per heavy atom. The van der Waals surface area contributed by atoms with E-state index in [1.165, 1.54) is 6.42 Å². The van der Waals surface area contributed by atoms with Gasteiger partial charge in [0.1, 0.15) is 12.1 Å². The van der Waals surface area contributed by atoms with Crippen LogP contribution in [0.5, 0.6) is 0 Å². The minimum absolute atomic E-state index is 0.337. The van der Waals surface area contributed by atoms with Gasteiger partial charge in [0.25, 0.3) is 0 Å². The molecular weight excluding hydrogens is 264 g/mol. The van der Waals surface area contributed by atoms with Gasteiger partial charge >= 0.3 is 0 Å². The summed E-state index contributed by atoms with van der Waals surface area (Å²) in [5.74, 6) is 3.05. The highest BCUT2D eigenvalue weighted by Crippen LogP contribution is 2.36. The second-order valence-corrected chi connectivity index (χ2v) is 6.83. The highest BCUT2D eigenvalue weighted by Gasteiger charge is 2.43. The maximum Gasteiger partial charge on any atom is 0.225 e. The van der Waals surface area contributed by atoms with Crippen molar-refractivity contribution < 1.29 is 4.79 Å². The first-order valence-electron chi connectivity index (χ1n) is 8.02. The lowest BCUT2D eigenvalue weighted by molar-refractivity contribution is -0.137. The van der Waals surface area contributed by atoms with Crippen LogP contribution in [-0.2, 0) is 4.79 Å². The molecule has 1 saturated carbocycles. The fourth-order valence-electron chi connectivity index (χ4n) is 3.98. The lowest BCUT2D eigenvalue weighted by Crippen LogP contribution is -2.39. The van der Waals surface area contributed by atoms with Crippen molar-refractivity contribution in [2.75, 3.05) is 31.1 Å². The molecule has 2 aliphatic heterocycles. The van der Waals surface area contributed by atoms with Crippen molar-refractivity contribution in [1.82, 2.24) is 14.9 Å².